The normalized spacial score (nSPS) is 27.5. The van der Waals surface area contributed by atoms with Crippen LogP contribution in [0.15, 0.2) is 0 Å². The summed E-state index contributed by atoms with van der Waals surface area (Å²) in [6, 6.07) is 0.0622. The summed E-state index contributed by atoms with van der Waals surface area (Å²) in [5.41, 5.74) is 5.76. The lowest BCUT2D eigenvalue weighted by molar-refractivity contribution is -0.00641. The zero-order chi connectivity index (χ0) is 11.3. The molecule has 0 spiro atoms. The predicted octanol–water partition coefficient (Wildman–Crippen LogP) is -0.197. The van der Waals surface area contributed by atoms with Crippen molar-refractivity contribution in [3.63, 3.8) is 0 Å². The summed E-state index contributed by atoms with van der Waals surface area (Å²) in [5.74, 6) is 1.22. The highest BCUT2D eigenvalue weighted by Gasteiger charge is 2.20. The van der Waals surface area contributed by atoms with Gasteiger partial charge in [-0.05, 0) is 13.5 Å². The molecule has 1 rings (SSSR count). The summed E-state index contributed by atoms with van der Waals surface area (Å²) >= 11 is 0. The zero-order valence-electron chi connectivity index (χ0n) is 9.65. The third kappa shape index (κ3) is 5.06. The Kier molecular flexibility index (Phi) is 5.74. The van der Waals surface area contributed by atoms with E-state index in [1.807, 2.05) is 6.92 Å². The minimum Gasteiger partial charge on any atom is -0.375 e. The number of morpholine rings is 1. The van der Waals surface area contributed by atoms with Gasteiger partial charge in [0, 0.05) is 35.7 Å². The van der Waals surface area contributed by atoms with E-state index in [0.717, 1.165) is 26.1 Å². The molecule has 0 aromatic carbocycles. The van der Waals surface area contributed by atoms with Crippen LogP contribution in [0.5, 0.6) is 0 Å². The lowest BCUT2D eigenvalue weighted by atomic mass is 10.3. The van der Waals surface area contributed by atoms with Gasteiger partial charge < -0.3 is 15.4 Å². The first kappa shape index (κ1) is 13.1. The molecule has 1 aliphatic rings. The Hall–Kier alpha value is 0.0300. The summed E-state index contributed by atoms with van der Waals surface area (Å²) in [5, 5.41) is 0. The van der Waals surface area contributed by atoms with Gasteiger partial charge in [-0.15, -0.1) is 0 Å². The van der Waals surface area contributed by atoms with Crippen LogP contribution in [0.2, 0.25) is 0 Å². The molecule has 1 heterocycles. The number of hydrogen-bond acceptors (Lipinski definition) is 4. The summed E-state index contributed by atoms with van der Waals surface area (Å²) in [6.07, 6.45) is 1.01. The second-order valence-corrected chi connectivity index (χ2v) is 5.74. The molecule has 0 saturated carbocycles. The second-order valence-electron chi connectivity index (χ2n) is 4.20. The first-order chi connectivity index (χ1) is 7.11. The monoisotopic (exact) mass is 234 g/mol. The van der Waals surface area contributed by atoms with Crippen molar-refractivity contribution in [3.05, 3.63) is 0 Å². The minimum absolute atomic E-state index is 0.0622. The average molecular weight is 234 g/mol. The lowest BCUT2D eigenvalue weighted by Crippen LogP contribution is -2.43. The predicted molar refractivity (Wildman–Crippen MR) is 63.4 cm³/mol. The standard InChI is InChI=1S/C10H22N2O2S/c1-3-9(11)7-15(13)8-10-6-12(2)4-5-14-10/h9-10H,3-8,11H2,1-2H3. The van der Waals surface area contributed by atoms with Crippen LogP contribution >= 0.6 is 0 Å². The zero-order valence-corrected chi connectivity index (χ0v) is 10.5. The van der Waals surface area contributed by atoms with Gasteiger partial charge in [0.25, 0.3) is 0 Å². The summed E-state index contributed by atoms with van der Waals surface area (Å²) in [7, 11) is 1.23. The van der Waals surface area contributed by atoms with Crippen LogP contribution in [0.3, 0.4) is 0 Å². The molecule has 0 aromatic rings. The van der Waals surface area contributed by atoms with Crippen molar-refractivity contribution in [3.8, 4) is 0 Å². The Labute approximate surface area is 94.6 Å². The summed E-state index contributed by atoms with van der Waals surface area (Å²) < 4.78 is 17.3. The highest BCUT2D eigenvalue weighted by Crippen LogP contribution is 2.05. The summed E-state index contributed by atoms with van der Waals surface area (Å²) in [4.78, 5) is 2.21. The first-order valence-electron chi connectivity index (χ1n) is 5.52. The van der Waals surface area contributed by atoms with Gasteiger partial charge in [-0.1, -0.05) is 6.92 Å². The van der Waals surface area contributed by atoms with Crippen LogP contribution in [-0.2, 0) is 15.5 Å². The van der Waals surface area contributed by atoms with Crippen molar-refractivity contribution in [2.75, 3.05) is 38.2 Å². The molecule has 90 valence electrons. The van der Waals surface area contributed by atoms with E-state index in [-0.39, 0.29) is 12.1 Å². The molecule has 4 nitrogen and oxygen atoms in total. The number of nitrogens with two attached hydrogens (primary N) is 1. The van der Waals surface area contributed by atoms with Crippen LogP contribution < -0.4 is 5.73 Å². The minimum atomic E-state index is -0.839. The van der Waals surface area contributed by atoms with E-state index in [0.29, 0.717) is 11.5 Å². The quantitative estimate of drug-likeness (QED) is 0.716. The Bertz CT molecular complexity index is 214. The highest BCUT2D eigenvalue weighted by atomic mass is 32.2. The molecule has 0 amide bonds. The number of likely N-dealkylation sites (N-methyl/N-ethyl adjacent to an activating group) is 1. The second kappa shape index (κ2) is 6.58. The largest absolute Gasteiger partial charge is 0.375 e. The van der Waals surface area contributed by atoms with Crippen LogP contribution in [0.4, 0.5) is 0 Å². The topological polar surface area (TPSA) is 55.6 Å². The summed E-state index contributed by atoms with van der Waals surface area (Å²) in [6.45, 7) is 4.62. The fourth-order valence-electron chi connectivity index (χ4n) is 1.60. The number of ether oxygens (including phenoxy) is 1. The van der Waals surface area contributed by atoms with Crippen molar-refractivity contribution in [2.45, 2.75) is 25.5 Å². The van der Waals surface area contributed by atoms with E-state index in [1.54, 1.807) is 0 Å². The molecule has 0 radical (unpaired) electrons. The Morgan fingerprint density at radius 2 is 2.40 bits per heavy atom. The van der Waals surface area contributed by atoms with E-state index in [4.69, 9.17) is 10.5 Å². The maximum atomic E-state index is 11.7. The van der Waals surface area contributed by atoms with Gasteiger partial charge in [0.05, 0.1) is 18.5 Å². The molecular formula is C10H22N2O2S. The molecule has 5 heteroatoms. The molecule has 3 atom stereocenters. The van der Waals surface area contributed by atoms with Crippen molar-refractivity contribution in [1.82, 2.24) is 4.90 Å². The van der Waals surface area contributed by atoms with E-state index >= 15 is 0 Å². The van der Waals surface area contributed by atoms with Crippen molar-refractivity contribution in [1.29, 1.82) is 0 Å². The van der Waals surface area contributed by atoms with Crippen LogP contribution in [0.25, 0.3) is 0 Å². The third-order valence-corrected chi connectivity index (χ3v) is 4.18. The van der Waals surface area contributed by atoms with Gasteiger partial charge in [-0.2, -0.15) is 0 Å². The van der Waals surface area contributed by atoms with Gasteiger partial charge in [0.2, 0.25) is 0 Å². The fraction of sp³-hybridized carbons (Fsp3) is 1.00. The molecule has 1 saturated heterocycles. The van der Waals surface area contributed by atoms with Crippen LogP contribution in [0.1, 0.15) is 13.3 Å². The molecule has 15 heavy (non-hydrogen) atoms. The number of rotatable bonds is 5. The van der Waals surface area contributed by atoms with E-state index in [1.165, 1.54) is 0 Å². The Morgan fingerprint density at radius 3 is 3.00 bits per heavy atom. The number of nitrogens with zero attached hydrogens (tertiary/aromatic N) is 1. The molecule has 0 aliphatic carbocycles. The van der Waals surface area contributed by atoms with Gasteiger partial charge in [-0.3, -0.25) is 4.21 Å². The van der Waals surface area contributed by atoms with E-state index in [9.17, 15) is 4.21 Å². The van der Waals surface area contributed by atoms with Crippen LogP contribution in [-0.4, -0.2) is 59.5 Å². The van der Waals surface area contributed by atoms with Crippen molar-refractivity contribution in [2.24, 2.45) is 5.73 Å². The molecule has 1 fully saturated rings. The molecule has 0 aromatic heterocycles. The molecule has 3 unspecified atom stereocenters. The SMILES string of the molecule is CCC(N)CS(=O)CC1CN(C)CCO1. The van der Waals surface area contributed by atoms with Gasteiger partial charge in [-0.25, -0.2) is 0 Å². The third-order valence-electron chi connectivity index (χ3n) is 2.64. The van der Waals surface area contributed by atoms with E-state index < -0.39 is 10.8 Å². The van der Waals surface area contributed by atoms with Crippen molar-refractivity contribution >= 4 is 10.8 Å². The molecule has 0 bridgehead atoms. The maximum absolute atomic E-state index is 11.7. The first-order valence-corrected chi connectivity index (χ1v) is 7.01. The Balaban J connectivity index is 2.24. The van der Waals surface area contributed by atoms with Crippen LogP contribution in [0, 0.1) is 0 Å². The highest BCUT2D eigenvalue weighted by molar-refractivity contribution is 7.85. The average Bonchev–Trinajstić information content (AvgIpc) is 2.17. The molecule has 2 N–H and O–H groups in total. The molecule has 1 aliphatic heterocycles. The van der Waals surface area contributed by atoms with E-state index in [2.05, 4.69) is 11.9 Å². The smallest absolute Gasteiger partial charge is 0.0817 e. The van der Waals surface area contributed by atoms with Gasteiger partial charge in [0.15, 0.2) is 0 Å². The van der Waals surface area contributed by atoms with Gasteiger partial charge in [0.1, 0.15) is 0 Å². The van der Waals surface area contributed by atoms with Gasteiger partial charge >= 0.3 is 0 Å². The fourth-order valence-corrected chi connectivity index (χ4v) is 3.07. The maximum Gasteiger partial charge on any atom is 0.0817 e. The Morgan fingerprint density at radius 1 is 1.67 bits per heavy atom. The lowest BCUT2D eigenvalue weighted by Gasteiger charge is -2.29. The molecular weight excluding hydrogens is 212 g/mol. The number of hydrogen-bond donors (Lipinski definition) is 1. The van der Waals surface area contributed by atoms with Crippen molar-refractivity contribution < 1.29 is 8.95 Å².